The first-order chi connectivity index (χ1) is 8.67. The molecule has 1 atom stereocenters. The van der Waals surface area contributed by atoms with E-state index < -0.39 is 6.04 Å². The smallest absolute Gasteiger partial charge is 0.242 e. The Labute approximate surface area is 113 Å². The number of amides is 1. The van der Waals surface area contributed by atoms with Gasteiger partial charge in [-0.1, -0.05) is 25.8 Å². The average Bonchev–Trinajstić information content (AvgIpc) is 3.06. The van der Waals surface area contributed by atoms with Gasteiger partial charge in [0, 0.05) is 11.4 Å². The summed E-state index contributed by atoms with van der Waals surface area (Å²) in [6.45, 7) is 3.00. The van der Waals surface area contributed by atoms with Crippen LogP contribution in [0.1, 0.15) is 49.9 Å². The maximum atomic E-state index is 12.0. The van der Waals surface area contributed by atoms with Crippen LogP contribution < -0.4 is 11.1 Å². The largest absolute Gasteiger partial charge is 0.354 e. The molecule has 1 aromatic rings. The Bertz CT molecular complexity index is 383. The minimum absolute atomic E-state index is 0.0443. The van der Waals surface area contributed by atoms with Gasteiger partial charge in [-0.3, -0.25) is 4.79 Å². The summed E-state index contributed by atoms with van der Waals surface area (Å²) in [5.74, 6) is -0.0443. The summed E-state index contributed by atoms with van der Waals surface area (Å²) in [6, 6.07) is 3.33. The molecular formula is C14H22N2OS. The summed E-state index contributed by atoms with van der Waals surface area (Å²) in [5, 5.41) is 5.00. The van der Waals surface area contributed by atoms with Crippen molar-refractivity contribution in [2.75, 3.05) is 6.54 Å². The second-order valence-corrected chi connectivity index (χ2v) is 6.25. The minimum atomic E-state index is -0.514. The number of hydrogen-bond acceptors (Lipinski definition) is 3. The van der Waals surface area contributed by atoms with Crippen molar-refractivity contribution in [1.82, 2.24) is 5.32 Å². The van der Waals surface area contributed by atoms with E-state index in [2.05, 4.69) is 12.2 Å². The Kier molecular flexibility index (Phi) is 4.40. The molecule has 0 saturated heterocycles. The van der Waals surface area contributed by atoms with Crippen molar-refractivity contribution < 1.29 is 4.79 Å². The quantitative estimate of drug-likeness (QED) is 0.861. The molecule has 1 aromatic heterocycles. The first-order valence-electron chi connectivity index (χ1n) is 6.73. The summed E-state index contributed by atoms with van der Waals surface area (Å²) in [5.41, 5.74) is 6.27. The highest BCUT2D eigenvalue weighted by atomic mass is 32.1. The molecule has 18 heavy (non-hydrogen) atoms. The Hall–Kier alpha value is -0.870. The number of nitrogens with two attached hydrogens (primary N) is 1. The summed E-state index contributed by atoms with van der Waals surface area (Å²) in [4.78, 5) is 13.0. The highest BCUT2D eigenvalue weighted by Gasteiger charge is 2.32. The lowest BCUT2D eigenvalue weighted by molar-refractivity contribution is -0.122. The molecule has 1 aliphatic carbocycles. The predicted molar refractivity (Wildman–Crippen MR) is 75.4 cm³/mol. The third-order valence-corrected chi connectivity index (χ3v) is 5.14. The molecule has 0 bridgehead atoms. The van der Waals surface area contributed by atoms with Crippen molar-refractivity contribution in [1.29, 1.82) is 0 Å². The monoisotopic (exact) mass is 266 g/mol. The molecule has 0 aliphatic heterocycles. The number of rotatable bonds is 5. The molecular weight excluding hydrogens is 244 g/mol. The van der Waals surface area contributed by atoms with Gasteiger partial charge in [-0.15, -0.1) is 11.3 Å². The van der Waals surface area contributed by atoms with Gasteiger partial charge in [-0.05, 0) is 36.1 Å². The number of carbonyl (C=O) groups is 1. The summed E-state index contributed by atoms with van der Waals surface area (Å²) >= 11 is 1.54. The van der Waals surface area contributed by atoms with Crippen molar-refractivity contribution in [3.63, 3.8) is 0 Å². The van der Waals surface area contributed by atoms with Crippen LogP contribution in [0.3, 0.4) is 0 Å². The normalized spacial score (nSPS) is 19.7. The lowest BCUT2D eigenvalue weighted by atomic mass is 9.83. The summed E-state index contributed by atoms with van der Waals surface area (Å²) in [7, 11) is 0. The van der Waals surface area contributed by atoms with Crippen LogP contribution in [0.5, 0.6) is 0 Å². The van der Waals surface area contributed by atoms with Crippen molar-refractivity contribution >= 4 is 17.2 Å². The van der Waals surface area contributed by atoms with Crippen molar-refractivity contribution in [2.45, 2.75) is 45.1 Å². The predicted octanol–water partition coefficient (Wildman–Crippen LogP) is 2.83. The van der Waals surface area contributed by atoms with E-state index in [4.69, 9.17) is 5.73 Å². The van der Waals surface area contributed by atoms with Crippen LogP contribution >= 0.6 is 11.3 Å². The summed E-state index contributed by atoms with van der Waals surface area (Å²) in [6.07, 6.45) is 6.19. The van der Waals surface area contributed by atoms with E-state index in [0.717, 1.165) is 17.8 Å². The van der Waals surface area contributed by atoms with Gasteiger partial charge in [-0.25, -0.2) is 0 Å². The van der Waals surface area contributed by atoms with Gasteiger partial charge in [0.1, 0.15) is 6.04 Å². The standard InChI is InChI=1S/C14H22N2OS/c1-2-14(7-3-4-8-14)10-16-13(17)12(15)11-6-5-9-18-11/h5-6,9,12H,2-4,7-8,10,15H2,1H3,(H,16,17). The molecule has 1 aliphatic rings. The fourth-order valence-electron chi connectivity index (χ4n) is 2.76. The Morgan fingerprint density at radius 3 is 2.83 bits per heavy atom. The van der Waals surface area contributed by atoms with E-state index in [1.165, 1.54) is 37.0 Å². The highest BCUT2D eigenvalue weighted by molar-refractivity contribution is 7.10. The molecule has 1 heterocycles. The zero-order chi connectivity index (χ0) is 13.0. The topological polar surface area (TPSA) is 55.1 Å². The number of carbonyl (C=O) groups excluding carboxylic acids is 1. The molecule has 4 heteroatoms. The van der Waals surface area contributed by atoms with E-state index >= 15 is 0 Å². The van der Waals surface area contributed by atoms with Crippen LogP contribution in [0.25, 0.3) is 0 Å². The third kappa shape index (κ3) is 2.93. The lowest BCUT2D eigenvalue weighted by Gasteiger charge is -2.28. The second-order valence-electron chi connectivity index (χ2n) is 5.27. The van der Waals surface area contributed by atoms with E-state index in [0.29, 0.717) is 5.41 Å². The van der Waals surface area contributed by atoms with Crippen LogP contribution in [-0.2, 0) is 4.79 Å². The van der Waals surface area contributed by atoms with E-state index in [1.54, 1.807) is 0 Å². The van der Waals surface area contributed by atoms with Gasteiger partial charge in [0.15, 0.2) is 0 Å². The molecule has 1 saturated carbocycles. The Morgan fingerprint density at radius 2 is 2.28 bits per heavy atom. The number of hydrogen-bond donors (Lipinski definition) is 2. The van der Waals surface area contributed by atoms with Gasteiger partial charge in [0.25, 0.3) is 0 Å². The van der Waals surface area contributed by atoms with Crippen molar-refractivity contribution in [2.24, 2.45) is 11.1 Å². The first-order valence-corrected chi connectivity index (χ1v) is 7.61. The molecule has 0 radical (unpaired) electrons. The molecule has 1 fully saturated rings. The van der Waals surface area contributed by atoms with Crippen LogP contribution in [-0.4, -0.2) is 12.5 Å². The highest BCUT2D eigenvalue weighted by Crippen LogP contribution is 2.40. The molecule has 0 spiro atoms. The third-order valence-electron chi connectivity index (χ3n) is 4.18. The maximum absolute atomic E-state index is 12.0. The molecule has 100 valence electrons. The maximum Gasteiger partial charge on any atom is 0.242 e. The van der Waals surface area contributed by atoms with E-state index in [9.17, 15) is 4.79 Å². The Balaban J connectivity index is 1.88. The fraction of sp³-hybridized carbons (Fsp3) is 0.643. The van der Waals surface area contributed by atoms with Gasteiger partial charge in [0.2, 0.25) is 5.91 Å². The summed E-state index contributed by atoms with van der Waals surface area (Å²) < 4.78 is 0. The van der Waals surface area contributed by atoms with Crippen LogP contribution in [0.15, 0.2) is 17.5 Å². The van der Waals surface area contributed by atoms with Crippen molar-refractivity contribution in [3.05, 3.63) is 22.4 Å². The number of nitrogens with one attached hydrogen (secondary N) is 1. The minimum Gasteiger partial charge on any atom is -0.354 e. The molecule has 1 amide bonds. The first kappa shape index (κ1) is 13.6. The molecule has 3 nitrogen and oxygen atoms in total. The van der Waals surface area contributed by atoms with Gasteiger partial charge in [0.05, 0.1) is 0 Å². The molecule has 1 unspecified atom stereocenters. The van der Waals surface area contributed by atoms with Gasteiger partial charge >= 0.3 is 0 Å². The Morgan fingerprint density at radius 1 is 1.56 bits per heavy atom. The van der Waals surface area contributed by atoms with E-state index in [1.807, 2.05) is 17.5 Å². The molecule has 2 rings (SSSR count). The zero-order valence-corrected chi connectivity index (χ0v) is 11.8. The van der Waals surface area contributed by atoms with Crippen LogP contribution in [0, 0.1) is 5.41 Å². The lowest BCUT2D eigenvalue weighted by Crippen LogP contribution is -2.40. The average molecular weight is 266 g/mol. The van der Waals surface area contributed by atoms with Crippen molar-refractivity contribution in [3.8, 4) is 0 Å². The van der Waals surface area contributed by atoms with Crippen LogP contribution in [0.2, 0.25) is 0 Å². The van der Waals surface area contributed by atoms with Crippen LogP contribution in [0.4, 0.5) is 0 Å². The SMILES string of the molecule is CCC1(CNC(=O)C(N)c2cccs2)CCCC1. The second kappa shape index (κ2) is 5.85. The van der Waals surface area contributed by atoms with Gasteiger partial charge < -0.3 is 11.1 Å². The number of thiophene rings is 1. The van der Waals surface area contributed by atoms with E-state index in [-0.39, 0.29) is 5.91 Å². The zero-order valence-electron chi connectivity index (χ0n) is 10.9. The fourth-order valence-corrected chi connectivity index (χ4v) is 3.49. The van der Waals surface area contributed by atoms with Gasteiger partial charge in [-0.2, -0.15) is 0 Å². The molecule has 0 aromatic carbocycles. The molecule has 3 N–H and O–H groups in total.